The molecule has 6 rings (SSSR count). The molecule has 2 unspecified atom stereocenters. The number of carboxylic acids is 1. The molecule has 3 aliphatic heterocycles. The Balaban J connectivity index is 1.33. The molecule has 8 nitrogen and oxygen atoms in total. The number of fused-ring (bicyclic) bond motifs is 4. The molecule has 0 aromatic rings. The fraction of sp³-hybridized carbons (Fsp3) is 0.536. The Bertz CT molecular complexity index is 1200. The van der Waals surface area contributed by atoms with E-state index in [0.29, 0.717) is 32.2 Å². The SMILES string of the molecule is COC(=O)N1CCCC(OC2=CC=C3C(C4CCCCC4)=C4C(=COCC5=C4SC(C(=O)O)=NC5)C23)C1. The highest BCUT2D eigenvalue weighted by Crippen LogP contribution is 2.57. The Hall–Kier alpha value is -2.94. The number of carboxylic acid groups (broad SMARTS) is 1. The van der Waals surface area contributed by atoms with Crippen molar-refractivity contribution in [3.05, 3.63) is 56.9 Å². The number of allylic oxidation sites excluding steroid dienone is 5. The van der Waals surface area contributed by atoms with Crippen LogP contribution in [0.2, 0.25) is 0 Å². The lowest BCUT2D eigenvalue weighted by molar-refractivity contribution is -0.129. The zero-order valence-electron chi connectivity index (χ0n) is 21.0. The summed E-state index contributed by atoms with van der Waals surface area (Å²) in [6, 6.07) is 0. The topological polar surface area (TPSA) is 97.7 Å². The Morgan fingerprint density at radius 2 is 1.97 bits per heavy atom. The predicted octanol–water partition coefficient (Wildman–Crippen LogP) is 4.96. The van der Waals surface area contributed by atoms with Gasteiger partial charge in [0.25, 0.3) is 0 Å². The number of ether oxygens (including phenoxy) is 3. The first-order chi connectivity index (χ1) is 18.0. The van der Waals surface area contributed by atoms with Crippen molar-refractivity contribution >= 4 is 28.9 Å². The third kappa shape index (κ3) is 4.41. The monoisotopic (exact) mass is 524 g/mol. The molecular weight excluding hydrogens is 492 g/mol. The van der Waals surface area contributed by atoms with Gasteiger partial charge < -0.3 is 24.2 Å². The van der Waals surface area contributed by atoms with Crippen molar-refractivity contribution in [3.8, 4) is 0 Å². The van der Waals surface area contributed by atoms with Crippen LogP contribution >= 0.6 is 11.8 Å². The van der Waals surface area contributed by atoms with Crippen molar-refractivity contribution in [2.24, 2.45) is 16.8 Å². The van der Waals surface area contributed by atoms with Gasteiger partial charge in [0.2, 0.25) is 0 Å². The fourth-order valence-electron chi connectivity index (χ4n) is 6.49. The number of rotatable bonds is 4. The molecule has 3 heterocycles. The Morgan fingerprint density at radius 1 is 1.14 bits per heavy atom. The highest BCUT2D eigenvalue weighted by molar-refractivity contribution is 8.19. The molecule has 196 valence electrons. The molecule has 1 saturated carbocycles. The van der Waals surface area contributed by atoms with E-state index in [1.54, 1.807) is 4.90 Å². The van der Waals surface area contributed by atoms with Crippen molar-refractivity contribution in [2.45, 2.75) is 51.0 Å². The minimum Gasteiger partial charge on any atom is -0.496 e. The second-order valence-electron chi connectivity index (χ2n) is 10.4. The van der Waals surface area contributed by atoms with Crippen LogP contribution in [-0.4, -0.2) is 66.6 Å². The molecule has 2 atom stereocenters. The second-order valence-corrected chi connectivity index (χ2v) is 11.4. The summed E-state index contributed by atoms with van der Waals surface area (Å²) in [7, 11) is 1.41. The summed E-state index contributed by atoms with van der Waals surface area (Å²) < 4.78 is 17.6. The summed E-state index contributed by atoms with van der Waals surface area (Å²) in [6.07, 6.45) is 13.4. The zero-order valence-corrected chi connectivity index (χ0v) is 21.8. The van der Waals surface area contributed by atoms with Gasteiger partial charge in [-0.25, -0.2) is 9.59 Å². The van der Waals surface area contributed by atoms with Crippen LogP contribution in [-0.2, 0) is 19.0 Å². The number of thioether (sulfide) groups is 1. The maximum Gasteiger partial charge on any atom is 0.409 e. The van der Waals surface area contributed by atoms with Crippen molar-refractivity contribution in [2.75, 3.05) is 33.4 Å². The van der Waals surface area contributed by atoms with Gasteiger partial charge in [-0.2, -0.15) is 0 Å². The lowest BCUT2D eigenvalue weighted by Crippen LogP contribution is -2.43. The molecular formula is C28H32N2O6S. The number of likely N-dealkylation sites (tertiary alicyclic amines) is 1. The average molecular weight is 525 g/mol. The van der Waals surface area contributed by atoms with Gasteiger partial charge in [-0.3, -0.25) is 4.99 Å². The summed E-state index contributed by atoms with van der Waals surface area (Å²) in [5.74, 6) is 0.253. The van der Waals surface area contributed by atoms with Gasteiger partial charge in [-0.15, -0.1) is 0 Å². The van der Waals surface area contributed by atoms with Crippen LogP contribution in [0, 0.1) is 11.8 Å². The first-order valence-electron chi connectivity index (χ1n) is 13.2. The predicted molar refractivity (Wildman–Crippen MR) is 140 cm³/mol. The lowest BCUT2D eigenvalue weighted by atomic mass is 9.80. The number of methoxy groups -OCH3 is 1. The van der Waals surface area contributed by atoms with Crippen LogP contribution in [0.15, 0.2) is 61.9 Å². The van der Waals surface area contributed by atoms with E-state index in [4.69, 9.17) is 14.2 Å². The molecule has 0 bridgehead atoms. The number of piperidine rings is 1. The summed E-state index contributed by atoms with van der Waals surface area (Å²) in [5.41, 5.74) is 5.82. The number of aliphatic imine (C=N–C) groups is 1. The molecule has 6 aliphatic rings. The van der Waals surface area contributed by atoms with E-state index in [9.17, 15) is 14.7 Å². The van der Waals surface area contributed by atoms with E-state index in [-0.39, 0.29) is 23.2 Å². The minimum atomic E-state index is -0.985. The standard InChI is InChI=1S/C28H32N2O6S/c1-34-28(33)30-11-5-8-18(13-30)36-21-10-9-19-22(16-6-3-2-4-7-16)24-20(23(19)21)15-35-14-17-12-29-26(27(31)32)37-25(17)24/h9-10,15-16,18,23H,2-8,11-14H2,1H3,(H,31,32). The molecule has 1 saturated heterocycles. The largest absolute Gasteiger partial charge is 0.496 e. The Morgan fingerprint density at radius 3 is 2.76 bits per heavy atom. The summed E-state index contributed by atoms with van der Waals surface area (Å²) in [6.45, 7) is 1.94. The molecule has 1 N–H and O–H groups in total. The van der Waals surface area contributed by atoms with Gasteiger partial charge >= 0.3 is 12.1 Å². The van der Waals surface area contributed by atoms with Crippen LogP contribution in [0.5, 0.6) is 0 Å². The number of carbonyl (C=O) groups excluding carboxylic acids is 1. The van der Waals surface area contributed by atoms with E-state index in [0.717, 1.165) is 53.1 Å². The zero-order chi connectivity index (χ0) is 25.5. The van der Waals surface area contributed by atoms with E-state index < -0.39 is 5.97 Å². The molecule has 37 heavy (non-hydrogen) atoms. The van der Waals surface area contributed by atoms with E-state index >= 15 is 0 Å². The molecule has 1 amide bonds. The number of hydrogen-bond acceptors (Lipinski definition) is 7. The van der Waals surface area contributed by atoms with Gasteiger partial charge in [0.05, 0.1) is 32.4 Å². The molecule has 3 aliphatic carbocycles. The average Bonchev–Trinajstić information content (AvgIpc) is 3.41. The smallest absolute Gasteiger partial charge is 0.409 e. The highest BCUT2D eigenvalue weighted by atomic mass is 32.2. The van der Waals surface area contributed by atoms with Gasteiger partial charge in [0, 0.05) is 22.6 Å². The van der Waals surface area contributed by atoms with Gasteiger partial charge in [-0.1, -0.05) is 37.1 Å². The molecule has 0 spiro atoms. The second kappa shape index (κ2) is 10.1. The van der Waals surface area contributed by atoms with Gasteiger partial charge in [-0.05, 0) is 54.4 Å². The highest BCUT2D eigenvalue weighted by Gasteiger charge is 2.46. The molecule has 9 heteroatoms. The number of amides is 1. The normalized spacial score (nSPS) is 27.6. The van der Waals surface area contributed by atoms with E-state index in [1.165, 1.54) is 49.3 Å². The molecule has 0 aromatic heterocycles. The van der Waals surface area contributed by atoms with E-state index in [2.05, 4.69) is 17.1 Å². The Kier molecular flexibility index (Phi) is 6.65. The maximum atomic E-state index is 12.1. The molecule has 0 aromatic carbocycles. The number of carbonyl (C=O) groups is 2. The number of aliphatic carboxylic acids is 1. The van der Waals surface area contributed by atoms with Crippen LogP contribution in [0.3, 0.4) is 0 Å². The van der Waals surface area contributed by atoms with Gasteiger partial charge in [0.15, 0.2) is 5.04 Å². The van der Waals surface area contributed by atoms with Gasteiger partial charge in [0.1, 0.15) is 18.5 Å². The van der Waals surface area contributed by atoms with Crippen LogP contribution < -0.4 is 0 Å². The number of nitrogens with zero attached hydrogens (tertiary/aromatic N) is 2. The van der Waals surface area contributed by atoms with Crippen molar-refractivity contribution < 1.29 is 28.9 Å². The van der Waals surface area contributed by atoms with E-state index in [1.807, 2.05) is 6.26 Å². The number of hydrogen-bond donors (Lipinski definition) is 1. The van der Waals surface area contributed by atoms with Crippen LogP contribution in [0.1, 0.15) is 44.9 Å². The van der Waals surface area contributed by atoms with Crippen molar-refractivity contribution in [1.29, 1.82) is 0 Å². The third-order valence-corrected chi connectivity index (χ3v) is 9.34. The van der Waals surface area contributed by atoms with Crippen LogP contribution in [0.4, 0.5) is 4.79 Å². The molecule has 2 fully saturated rings. The fourth-order valence-corrected chi connectivity index (χ4v) is 7.50. The van der Waals surface area contributed by atoms with Crippen LogP contribution in [0.25, 0.3) is 0 Å². The maximum absolute atomic E-state index is 12.1. The summed E-state index contributed by atoms with van der Waals surface area (Å²) in [4.78, 5) is 31.0. The molecule has 0 radical (unpaired) electrons. The quantitative estimate of drug-likeness (QED) is 0.555. The lowest BCUT2D eigenvalue weighted by Gasteiger charge is -2.33. The summed E-state index contributed by atoms with van der Waals surface area (Å²) in [5, 5.41) is 9.84. The minimum absolute atomic E-state index is 0.0694. The first-order valence-corrected chi connectivity index (χ1v) is 14.0. The third-order valence-electron chi connectivity index (χ3n) is 8.14. The Labute approximate surface area is 220 Å². The van der Waals surface area contributed by atoms with Crippen molar-refractivity contribution in [1.82, 2.24) is 4.90 Å². The summed E-state index contributed by atoms with van der Waals surface area (Å²) >= 11 is 1.27. The first kappa shape index (κ1) is 24.4. The van der Waals surface area contributed by atoms with Crippen molar-refractivity contribution in [3.63, 3.8) is 0 Å².